The Morgan fingerprint density at radius 3 is 2.68 bits per heavy atom. The second-order valence-electron chi connectivity index (χ2n) is 6.83. The Hall–Kier alpha value is -3.22. The Balaban J connectivity index is 1.69. The molecule has 2 amide bonds. The van der Waals surface area contributed by atoms with E-state index in [1.54, 1.807) is 12.1 Å². The fraction of sp³-hybridized carbons (Fsp3) is 0.286. The first-order chi connectivity index (χ1) is 13.5. The first kappa shape index (κ1) is 19.5. The molecule has 0 bridgehead atoms. The van der Waals surface area contributed by atoms with E-state index in [2.05, 4.69) is 20.6 Å². The summed E-state index contributed by atoms with van der Waals surface area (Å²) < 4.78 is 13.3. The first-order valence-electron chi connectivity index (χ1n) is 9.25. The van der Waals surface area contributed by atoms with Crippen LogP contribution in [0.4, 0.5) is 10.3 Å². The van der Waals surface area contributed by atoms with Gasteiger partial charge in [-0.2, -0.15) is 0 Å². The van der Waals surface area contributed by atoms with Gasteiger partial charge in [-0.3, -0.25) is 14.9 Å². The van der Waals surface area contributed by atoms with Gasteiger partial charge >= 0.3 is 0 Å². The van der Waals surface area contributed by atoms with Crippen LogP contribution in [0.15, 0.2) is 48.5 Å². The molecule has 0 spiro atoms. The van der Waals surface area contributed by atoms with Crippen molar-refractivity contribution < 1.29 is 14.0 Å². The van der Waals surface area contributed by atoms with E-state index in [0.29, 0.717) is 17.9 Å². The van der Waals surface area contributed by atoms with Gasteiger partial charge in [0.25, 0.3) is 0 Å². The van der Waals surface area contributed by atoms with Crippen LogP contribution in [-0.4, -0.2) is 27.8 Å². The number of nitrogens with zero attached hydrogens (tertiary/aromatic N) is 1. The van der Waals surface area contributed by atoms with Crippen molar-refractivity contribution >= 4 is 28.8 Å². The maximum Gasteiger partial charge on any atom is 0.249 e. The van der Waals surface area contributed by atoms with Gasteiger partial charge in [0.05, 0.1) is 17.5 Å². The van der Waals surface area contributed by atoms with Crippen molar-refractivity contribution in [1.82, 2.24) is 15.3 Å². The molecule has 2 aromatic carbocycles. The molecule has 146 valence electrons. The van der Waals surface area contributed by atoms with Crippen LogP contribution < -0.4 is 10.6 Å². The predicted molar refractivity (Wildman–Crippen MR) is 106 cm³/mol. The normalized spacial score (nSPS) is 13.1. The average molecular weight is 382 g/mol. The molecule has 1 aromatic heterocycles. The van der Waals surface area contributed by atoms with E-state index in [1.807, 2.05) is 38.1 Å². The third kappa shape index (κ3) is 4.73. The van der Waals surface area contributed by atoms with Gasteiger partial charge in [0.2, 0.25) is 17.8 Å². The smallest absolute Gasteiger partial charge is 0.249 e. The third-order valence-corrected chi connectivity index (χ3v) is 4.70. The summed E-state index contributed by atoms with van der Waals surface area (Å²) in [6.07, 6.45) is 0.709. The lowest BCUT2D eigenvalue weighted by Gasteiger charge is -2.23. The molecule has 3 N–H and O–H groups in total. The number of carbonyl (C=O) groups excluding carboxylic acids is 2. The monoisotopic (exact) mass is 382 g/mol. The van der Waals surface area contributed by atoms with Gasteiger partial charge in [-0.15, -0.1) is 0 Å². The number of hydrogen-bond acceptors (Lipinski definition) is 3. The van der Waals surface area contributed by atoms with Crippen LogP contribution in [0.2, 0.25) is 0 Å². The SMILES string of the molecule is CC[C@H](C)[C@H](NC(=O)Cc1cccc(F)c1)C(=O)Nc1nc2ccccc2[nH]1. The molecule has 3 aromatic rings. The highest BCUT2D eigenvalue weighted by Gasteiger charge is 2.26. The van der Waals surface area contributed by atoms with Gasteiger partial charge in [0.15, 0.2) is 0 Å². The summed E-state index contributed by atoms with van der Waals surface area (Å²) in [4.78, 5) is 32.6. The third-order valence-electron chi connectivity index (χ3n) is 4.70. The standard InChI is InChI=1S/C21H23FN4O2/c1-3-13(2)19(25-18(27)12-14-7-6-8-15(22)11-14)20(28)26-21-23-16-9-4-5-10-17(16)24-21/h4-11,13,19H,3,12H2,1-2H3,(H,25,27)(H2,23,24,26,28)/t13-,19-/m0/s1. The van der Waals surface area contributed by atoms with Crippen LogP contribution in [0.25, 0.3) is 11.0 Å². The van der Waals surface area contributed by atoms with Gasteiger partial charge in [-0.05, 0) is 35.7 Å². The number of nitrogens with one attached hydrogen (secondary N) is 3. The molecule has 0 saturated heterocycles. The molecule has 28 heavy (non-hydrogen) atoms. The van der Waals surface area contributed by atoms with E-state index in [9.17, 15) is 14.0 Å². The number of fused-ring (bicyclic) bond motifs is 1. The molecule has 7 heteroatoms. The molecule has 6 nitrogen and oxygen atoms in total. The fourth-order valence-corrected chi connectivity index (χ4v) is 2.97. The quantitative estimate of drug-likeness (QED) is 0.585. The summed E-state index contributed by atoms with van der Waals surface area (Å²) in [5.41, 5.74) is 2.11. The highest BCUT2D eigenvalue weighted by atomic mass is 19.1. The van der Waals surface area contributed by atoms with E-state index in [4.69, 9.17) is 0 Å². The van der Waals surface area contributed by atoms with Crippen molar-refractivity contribution in [1.29, 1.82) is 0 Å². The molecule has 0 aliphatic rings. The van der Waals surface area contributed by atoms with E-state index in [1.165, 1.54) is 12.1 Å². The van der Waals surface area contributed by atoms with Crippen molar-refractivity contribution in [2.75, 3.05) is 5.32 Å². The topological polar surface area (TPSA) is 86.9 Å². The number of halogens is 1. The van der Waals surface area contributed by atoms with Crippen molar-refractivity contribution in [2.24, 2.45) is 5.92 Å². The number of aromatic nitrogens is 2. The minimum Gasteiger partial charge on any atom is -0.344 e. The zero-order chi connectivity index (χ0) is 20.1. The number of amides is 2. The molecule has 3 rings (SSSR count). The van der Waals surface area contributed by atoms with Crippen molar-refractivity contribution in [3.63, 3.8) is 0 Å². The van der Waals surface area contributed by atoms with E-state index in [0.717, 1.165) is 11.0 Å². The number of imidazole rings is 1. The molecule has 0 aliphatic heterocycles. The number of carbonyl (C=O) groups is 2. The molecule has 0 unspecified atom stereocenters. The van der Waals surface area contributed by atoms with Crippen LogP contribution in [0.5, 0.6) is 0 Å². The Kier molecular flexibility index (Phi) is 6.03. The summed E-state index contributed by atoms with van der Waals surface area (Å²) in [6.45, 7) is 3.84. The van der Waals surface area contributed by atoms with Gasteiger partial charge in [-0.1, -0.05) is 44.5 Å². The number of benzene rings is 2. The van der Waals surface area contributed by atoms with E-state index in [-0.39, 0.29) is 24.2 Å². The Morgan fingerprint density at radius 2 is 1.96 bits per heavy atom. The minimum absolute atomic E-state index is 0.00259. The minimum atomic E-state index is -0.723. The second kappa shape index (κ2) is 8.65. The molecule has 0 fully saturated rings. The van der Waals surface area contributed by atoms with E-state index < -0.39 is 11.9 Å². The predicted octanol–water partition coefficient (Wildman–Crippen LogP) is 3.41. The largest absolute Gasteiger partial charge is 0.344 e. The summed E-state index contributed by atoms with van der Waals surface area (Å²) in [5.74, 6) is -0.831. The fourth-order valence-electron chi connectivity index (χ4n) is 2.97. The molecule has 0 radical (unpaired) electrons. The Labute approximate surface area is 162 Å². The summed E-state index contributed by atoms with van der Waals surface area (Å²) in [5, 5.41) is 5.52. The molecule has 0 aliphatic carbocycles. The van der Waals surface area contributed by atoms with Gasteiger partial charge in [0.1, 0.15) is 11.9 Å². The second-order valence-corrected chi connectivity index (χ2v) is 6.83. The zero-order valence-corrected chi connectivity index (χ0v) is 15.8. The lowest BCUT2D eigenvalue weighted by atomic mass is 9.98. The molecule has 0 saturated carbocycles. The van der Waals surface area contributed by atoms with Crippen LogP contribution in [-0.2, 0) is 16.0 Å². The maximum absolute atomic E-state index is 13.3. The van der Waals surface area contributed by atoms with Crippen molar-refractivity contribution in [3.8, 4) is 0 Å². The van der Waals surface area contributed by atoms with Crippen LogP contribution >= 0.6 is 0 Å². The van der Waals surface area contributed by atoms with Crippen molar-refractivity contribution in [3.05, 3.63) is 59.9 Å². The van der Waals surface area contributed by atoms with Crippen molar-refractivity contribution in [2.45, 2.75) is 32.7 Å². The van der Waals surface area contributed by atoms with E-state index >= 15 is 0 Å². The molecular weight excluding hydrogens is 359 g/mol. The first-order valence-corrected chi connectivity index (χ1v) is 9.25. The number of rotatable bonds is 7. The lowest BCUT2D eigenvalue weighted by molar-refractivity contribution is -0.127. The molecule has 2 atom stereocenters. The summed E-state index contributed by atoms with van der Waals surface area (Å²) in [7, 11) is 0. The highest BCUT2D eigenvalue weighted by Crippen LogP contribution is 2.15. The number of H-pyrrole nitrogens is 1. The number of para-hydroxylation sites is 2. The summed E-state index contributed by atoms with van der Waals surface area (Å²) in [6, 6.07) is 12.6. The zero-order valence-electron chi connectivity index (χ0n) is 15.8. The van der Waals surface area contributed by atoms with Gasteiger partial charge in [-0.25, -0.2) is 9.37 Å². The Morgan fingerprint density at radius 1 is 1.18 bits per heavy atom. The van der Waals surface area contributed by atoms with Crippen LogP contribution in [0, 0.1) is 11.7 Å². The van der Waals surface area contributed by atoms with Gasteiger partial charge in [0, 0.05) is 0 Å². The molecule has 1 heterocycles. The highest BCUT2D eigenvalue weighted by molar-refractivity contribution is 5.97. The van der Waals surface area contributed by atoms with Crippen LogP contribution in [0.3, 0.4) is 0 Å². The van der Waals surface area contributed by atoms with Crippen LogP contribution in [0.1, 0.15) is 25.8 Å². The van der Waals surface area contributed by atoms with Gasteiger partial charge < -0.3 is 10.3 Å². The lowest BCUT2D eigenvalue weighted by Crippen LogP contribution is -2.48. The number of aromatic amines is 1. The summed E-state index contributed by atoms with van der Waals surface area (Å²) >= 11 is 0. The number of hydrogen-bond donors (Lipinski definition) is 3. The number of anilines is 1. The Bertz CT molecular complexity index is 952. The molecular formula is C21H23FN4O2. The average Bonchev–Trinajstić information content (AvgIpc) is 3.07. The maximum atomic E-state index is 13.3.